The highest BCUT2D eigenvalue weighted by Crippen LogP contribution is 2.38. The van der Waals surface area contributed by atoms with Gasteiger partial charge in [-0.15, -0.1) is 0 Å². The first-order valence-electron chi connectivity index (χ1n) is 12.9. The van der Waals surface area contributed by atoms with Gasteiger partial charge in [0.2, 0.25) is 11.8 Å². The van der Waals surface area contributed by atoms with Gasteiger partial charge in [0.15, 0.2) is 11.6 Å². The fourth-order valence-electron chi connectivity index (χ4n) is 5.31. The number of rotatable bonds is 5. The van der Waals surface area contributed by atoms with Gasteiger partial charge in [-0.25, -0.2) is 0 Å². The van der Waals surface area contributed by atoms with Gasteiger partial charge < -0.3 is 8.83 Å². The lowest BCUT2D eigenvalue weighted by Crippen LogP contribution is -2.07. The molecule has 0 unspecified atom stereocenters. The molecule has 39 heavy (non-hydrogen) atoms. The first-order valence-corrected chi connectivity index (χ1v) is 12.9. The van der Waals surface area contributed by atoms with E-state index >= 15 is 0 Å². The van der Waals surface area contributed by atoms with Gasteiger partial charge >= 0.3 is 0 Å². The van der Waals surface area contributed by atoms with E-state index in [0.29, 0.717) is 47.3 Å². The Bertz CT molecular complexity index is 1690. The number of furan rings is 2. The van der Waals surface area contributed by atoms with E-state index in [1.165, 1.54) is 0 Å². The molecule has 2 heterocycles. The lowest BCUT2D eigenvalue weighted by Gasteiger charge is -2.19. The minimum Gasteiger partial charge on any atom is -0.440 e. The summed E-state index contributed by atoms with van der Waals surface area (Å²) in [6.07, 6.45) is 4.81. The number of carbonyl (C=O) groups excluding carboxylic acids is 2. The third-order valence-electron chi connectivity index (χ3n) is 7.18. The van der Waals surface area contributed by atoms with E-state index in [-0.39, 0.29) is 11.6 Å². The average Bonchev–Trinajstić information content (AvgIpc) is 3.75. The molecule has 0 saturated carbocycles. The molecule has 5 aromatic rings. The smallest absolute Gasteiger partial charge is 0.207 e. The molecule has 2 aromatic heterocycles. The van der Waals surface area contributed by atoms with Crippen molar-refractivity contribution in [3.63, 3.8) is 0 Å². The predicted molar refractivity (Wildman–Crippen MR) is 151 cm³/mol. The number of benzene rings is 3. The highest BCUT2D eigenvalue weighted by Gasteiger charge is 2.26. The van der Waals surface area contributed by atoms with E-state index in [4.69, 9.17) is 8.83 Å². The predicted octanol–water partition coefficient (Wildman–Crippen LogP) is 7.99. The fraction of sp³-hybridized carbons (Fsp3) is 0.0588. The van der Waals surface area contributed by atoms with Crippen LogP contribution in [-0.4, -0.2) is 11.6 Å². The van der Waals surface area contributed by atoms with Crippen molar-refractivity contribution in [2.45, 2.75) is 12.8 Å². The van der Waals surface area contributed by atoms with Crippen LogP contribution in [0.4, 0.5) is 17.5 Å². The van der Waals surface area contributed by atoms with Gasteiger partial charge in [-0.2, -0.15) is 0 Å². The zero-order valence-corrected chi connectivity index (χ0v) is 21.0. The van der Waals surface area contributed by atoms with Gasteiger partial charge in [0.05, 0.1) is 5.69 Å². The van der Waals surface area contributed by atoms with Crippen molar-refractivity contribution >= 4 is 41.2 Å². The maximum Gasteiger partial charge on any atom is 0.207 e. The molecule has 7 rings (SSSR count). The maximum absolute atomic E-state index is 12.9. The summed E-state index contributed by atoms with van der Waals surface area (Å²) in [6.45, 7) is 0. The molecule has 0 saturated heterocycles. The molecule has 0 atom stereocenters. The highest BCUT2D eigenvalue weighted by atomic mass is 16.4. The van der Waals surface area contributed by atoms with E-state index in [1.54, 1.807) is 0 Å². The zero-order valence-electron chi connectivity index (χ0n) is 21.0. The van der Waals surface area contributed by atoms with E-state index in [0.717, 1.165) is 27.9 Å². The first kappa shape index (κ1) is 23.0. The largest absolute Gasteiger partial charge is 0.440 e. The number of carbonyl (C=O) groups is 2. The first-order chi connectivity index (χ1) is 19.1. The molecular formula is C34H23NO4. The molecule has 0 spiro atoms. The van der Waals surface area contributed by atoms with Gasteiger partial charge in [0.25, 0.3) is 0 Å². The second-order valence-corrected chi connectivity index (χ2v) is 9.69. The van der Waals surface area contributed by atoms with E-state index in [2.05, 4.69) is 0 Å². The Labute approximate surface area is 225 Å². The molecule has 2 aliphatic carbocycles. The minimum atomic E-state index is 0.0378. The highest BCUT2D eigenvalue weighted by molar-refractivity contribution is 6.16. The van der Waals surface area contributed by atoms with Crippen LogP contribution >= 0.6 is 0 Å². The molecule has 2 aliphatic rings. The molecule has 0 radical (unpaired) electrons. The number of anilines is 3. The summed E-state index contributed by atoms with van der Waals surface area (Å²) in [5.41, 5.74) is 5.84. The SMILES string of the molecule is O=C1/C(=C\c2ccc(N(c3ccccc3)c3ccc(/C=C4/Cc5ccccc5C4=O)o3)o2)Cc2ccccc21. The van der Waals surface area contributed by atoms with E-state index in [1.807, 2.05) is 120 Å². The zero-order chi connectivity index (χ0) is 26.3. The van der Waals surface area contributed by atoms with Gasteiger partial charge in [-0.05, 0) is 47.5 Å². The van der Waals surface area contributed by atoms with Crippen molar-refractivity contribution in [1.29, 1.82) is 0 Å². The number of hydrogen-bond donors (Lipinski definition) is 0. The Morgan fingerprint density at radius 2 is 1.00 bits per heavy atom. The molecule has 0 bridgehead atoms. The van der Waals surface area contributed by atoms with Crippen LogP contribution in [0.15, 0.2) is 123 Å². The number of nitrogens with zero attached hydrogens (tertiary/aromatic N) is 1. The minimum absolute atomic E-state index is 0.0378. The van der Waals surface area contributed by atoms with Crippen LogP contribution in [0.2, 0.25) is 0 Å². The number of Topliss-reactive ketones (excluding diaryl/α,β-unsaturated/α-hetero) is 2. The molecule has 5 heteroatoms. The van der Waals surface area contributed by atoms with Gasteiger partial charge in [-0.3, -0.25) is 14.5 Å². The number of fused-ring (bicyclic) bond motifs is 2. The molecule has 0 amide bonds. The topological polar surface area (TPSA) is 63.7 Å². The second-order valence-electron chi connectivity index (χ2n) is 9.69. The summed E-state index contributed by atoms with van der Waals surface area (Å²) < 4.78 is 12.5. The maximum atomic E-state index is 12.9. The molecule has 3 aromatic carbocycles. The summed E-state index contributed by atoms with van der Waals surface area (Å²) in [5, 5.41) is 0. The van der Waals surface area contributed by atoms with Crippen LogP contribution in [0, 0.1) is 0 Å². The number of allylic oxidation sites excluding steroid dienone is 2. The number of hydrogen-bond acceptors (Lipinski definition) is 5. The Kier molecular flexibility index (Phi) is 5.48. The molecule has 0 aliphatic heterocycles. The molecule has 0 fully saturated rings. The summed E-state index contributed by atoms with van der Waals surface area (Å²) >= 11 is 0. The lowest BCUT2D eigenvalue weighted by atomic mass is 10.1. The summed E-state index contributed by atoms with van der Waals surface area (Å²) in [4.78, 5) is 27.6. The number of para-hydroxylation sites is 1. The van der Waals surface area contributed by atoms with Crippen LogP contribution in [-0.2, 0) is 12.8 Å². The average molecular weight is 510 g/mol. The monoisotopic (exact) mass is 509 g/mol. The van der Waals surface area contributed by atoms with Crippen LogP contribution in [0.3, 0.4) is 0 Å². The quantitative estimate of drug-likeness (QED) is 0.225. The van der Waals surface area contributed by atoms with E-state index in [9.17, 15) is 9.59 Å². The van der Waals surface area contributed by atoms with Crippen molar-refractivity contribution in [2.24, 2.45) is 0 Å². The molecule has 188 valence electrons. The Morgan fingerprint density at radius 1 is 0.538 bits per heavy atom. The summed E-state index contributed by atoms with van der Waals surface area (Å²) in [7, 11) is 0. The molecule has 5 nitrogen and oxygen atoms in total. The Balaban J connectivity index is 1.21. The van der Waals surface area contributed by atoms with Gasteiger partial charge in [0.1, 0.15) is 11.5 Å². The van der Waals surface area contributed by atoms with Gasteiger partial charge in [-0.1, -0.05) is 66.7 Å². The second kappa shape index (κ2) is 9.30. The third-order valence-corrected chi connectivity index (χ3v) is 7.18. The van der Waals surface area contributed by atoms with Crippen molar-refractivity contribution in [1.82, 2.24) is 0 Å². The summed E-state index contributed by atoms with van der Waals surface area (Å²) in [6, 6.07) is 32.6. The lowest BCUT2D eigenvalue weighted by molar-refractivity contribution is 0.103. The van der Waals surface area contributed by atoms with Crippen LogP contribution in [0.1, 0.15) is 43.4 Å². The normalized spacial score (nSPS) is 16.2. The van der Waals surface area contributed by atoms with Crippen LogP contribution in [0.5, 0.6) is 0 Å². The van der Waals surface area contributed by atoms with Crippen LogP contribution < -0.4 is 4.90 Å². The summed E-state index contributed by atoms with van der Waals surface area (Å²) in [5.74, 6) is 2.35. The van der Waals surface area contributed by atoms with Gasteiger partial charge in [0, 0.05) is 47.2 Å². The van der Waals surface area contributed by atoms with Crippen molar-refractivity contribution < 1.29 is 18.4 Å². The third kappa shape index (κ3) is 4.14. The fourth-order valence-corrected chi connectivity index (χ4v) is 5.31. The van der Waals surface area contributed by atoms with Crippen molar-refractivity contribution in [3.05, 3.63) is 148 Å². The number of ketones is 2. The van der Waals surface area contributed by atoms with E-state index < -0.39 is 0 Å². The van der Waals surface area contributed by atoms with Crippen molar-refractivity contribution in [2.75, 3.05) is 4.90 Å². The standard InChI is InChI=1S/C34H23NO4/c36-33-24(18-22-8-4-6-12-29(22)33)20-27-14-16-31(38-27)35(26-10-2-1-3-11-26)32-17-15-28(39-32)21-25-19-23-9-5-7-13-30(23)34(25)37/h1-17,20-21H,18-19H2/b24-20-,25-21-. The van der Waals surface area contributed by atoms with Crippen molar-refractivity contribution in [3.8, 4) is 0 Å². The molecule has 0 N–H and O–H groups in total. The molecular weight excluding hydrogens is 486 g/mol. The van der Waals surface area contributed by atoms with Crippen LogP contribution in [0.25, 0.3) is 12.2 Å². The Morgan fingerprint density at radius 3 is 1.49 bits per heavy atom. The Hall–Kier alpha value is -5.16.